The molecule has 0 saturated heterocycles. The van der Waals surface area contributed by atoms with Crippen LogP contribution in [0.3, 0.4) is 0 Å². The molecule has 1 aromatic carbocycles. The molecule has 0 aromatic heterocycles. The van der Waals surface area contributed by atoms with Crippen LogP contribution in [0, 0.1) is 0 Å². The van der Waals surface area contributed by atoms with Crippen molar-refractivity contribution in [2.24, 2.45) is 0 Å². The van der Waals surface area contributed by atoms with Gasteiger partial charge in [-0.15, -0.1) is 0 Å². The molecule has 0 aliphatic carbocycles. The quantitative estimate of drug-likeness (QED) is 0.479. The van der Waals surface area contributed by atoms with Gasteiger partial charge in [0, 0.05) is 5.02 Å². The molecule has 8 heavy (non-hydrogen) atoms. The van der Waals surface area contributed by atoms with Crippen LogP contribution in [0.2, 0.25) is 5.02 Å². The van der Waals surface area contributed by atoms with E-state index in [1.807, 2.05) is 30.3 Å². The molecule has 0 atom stereocenters. The summed E-state index contributed by atoms with van der Waals surface area (Å²) < 4.78 is 0. The van der Waals surface area contributed by atoms with Crippen LogP contribution in [0.5, 0.6) is 0 Å². The third-order valence-corrected chi connectivity index (χ3v) is 0.985. The van der Waals surface area contributed by atoms with Gasteiger partial charge >= 0.3 is 23.1 Å². The Morgan fingerprint density at radius 2 is 1.50 bits per heavy atom. The van der Waals surface area contributed by atoms with E-state index < -0.39 is 0 Å². The predicted octanol–water partition coefficient (Wildman–Crippen LogP) is 1.96. The van der Waals surface area contributed by atoms with Gasteiger partial charge in [-0.1, -0.05) is 29.8 Å². The molecular weight excluding hydrogens is 132 g/mol. The van der Waals surface area contributed by atoms with Crippen LogP contribution < -0.4 is 0 Å². The Hall–Kier alpha value is 0.276. The molecule has 0 radical (unpaired) electrons. The van der Waals surface area contributed by atoms with E-state index in [2.05, 4.69) is 0 Å². The normalized spacial score (nSPS) is 7.62. The van der Waals surface area contributed by atoms with E-state index in [9.17, 15) is 0 Å². The van der Waals surface area contributed by atoms with Crippen molar-refractivity contribution in [3.8, 4) is 0 Å². The van der Waals surface area contributed by atoms with Gasteiger partial charge in [0.25, 0.3) is 0 Å². The minimum absolute atomic E-state index is 0. The molecule has 0 aliphatic heterocycles. The number of rotatable bonds is 0. The van der Waals surface area contributed by atoms with Crippen LogP contribution in [-0.2, 0) is 0 Å². The van der Waals surface area contributed by atoms with Crippen molar-refractivity contribution in [3.05, 3.63) is 35.4 Å². The Balaban J connectivity index is 0.000000490. The summed E-state index contributed by atoms with van der Waals surface area (Å²) in [5, 5.41) is 0.794. The van der Waals surface area contributed by atoms with Crippen molar-refractivity contribution in [2.75, 3.05) is 0 Å². The molecule has 0 heterocycles. The van der Waals surface area contributed by atoms with Crippen LogP contribution >= 0.6 is 11.6 Å². The maximum absolute atomic E-state index is 5.54. The minimum atomic E-state index is 0. The van der Waals surface area contributed by atoms with E-state index >= 15 is 0 Å². The molecular formula is C6H5ClMg+2. The molecule has 0 unspecified atom stereocenters. The summed E-state index contributed by atoms with van der Waals surface area (Å²) in [4.78, 5) is 0. The van der Waals surface area contributed by atoms with E-state index in [-0.39, 0.29) is 23.1 Å². The van der Waals surface area contributed by atoms with Gasteiger partial charge in [-0.05, 0) is 12.1 Å². The molecule has 0 amide bonds. The zero-order chi connectivity index (χ0) is 5.11. The number of benzene rings is 1. The molecule has 1 aromatic rings. The summed E-state index contributed by atoms with van der Waals surface area (Å²) >= 11 is 5.54. The zero-order valence-electron chi connectivity index (χ0n) is 4.47. The van der Waals surface area contributed by atoms with Gasteiger partial charge in [0.05, 0.1) is 0 Å². The molecule has 0 aliphatic rings. The number of hydrogen-bond acceptors (Lipinski definition) is 0. The largest absolute Gasteiger partial charge is 2.00 e. The predicted molar refractivity (Wildman–Crippen MR) is 37.2 cm³/mol. The third-order valence-electron chi connectivity index (χ3n) is 0.733. The summed E-state index contributed by atoms with van der Waals surface area (Å²) in [6, 6.07) is 9.44. The van der Waals surface area contributed by atoms with Gasteiger partial charge in [0.15, 0.2) is 0 Å². The van der Waals surface area contributed by atoms with Gasteiger partial charge in [-0.25, -0.2) is 0 Å². The maximum Gasteiger partial charge on any atom is 2.00 e. The molecule has 1 rings (SSSR count). The van der Waals surface area contributed by atoms with Crippen LogP contribution in [0.1, 0.15) is 0 Å². The number of hydrogen-bond donors (Lipinski definition) is 0. The fraction of sp³-hybridized carbons (Fsp3) is 0. The van der Waals surface area contributed by atoms with E-state index in [1.165, 1.54) is 0 Å². The molecule has 0 saturated carbocycles. The van der Waals surface area contributed by atoms with Crippen molar-refractivity contribution in [2.45, 2.75) is 0 Å². The van der Waals surface area contributed by atoms with Crippen LogP contribution in [0.15, 0.2) is 30.3 Å². The molecule has 0 spiro atoms. The van der Waals surface area contributed by atoms with Crippen molar-refractivity contribution in [1.82, 2.24) is 0 Å². The molecule has 0 fully saturated rings. The first-order valence-electron chi connectivity index (χ1n) is 2.10. The van der Waals surface area contributed by atoms with Crippen LogP contribution in [-0.4, -0.2) is 23.1 Å². The second-order valence-electron chi connectivity index (χ2n) is 1.30. The van der Waals surface area contributed by atoms with E-state index in [1.54, 1.807) is 0 Å². The van der Waals surface area contributed by atoms with Crippen molar-refractivity contribution >= 4 is 34.7 Å². The smallest absolute Gasteiger partial charge is 0.0843 e. The summed E-state index contributed by atoms with van der Waals surface area (Å²) in [6.45, 7) is 0. The fourth-order valence-electron chi connectivity index (χ4n) is 0.415. The fourth-order valence-corrected chi connectivity index (χ4v) is 0.560. The van der Waals surface area contributed by atoms with Crippen molar-refractivity contribution < 1.29 is 0 Å². The van der Waals surface area contributed by atoms with Gasteiger partial charge in [0.2, 0.25) is 0 Å². The number of halogens is 1. The Morgan fingerprint density at radius 1 is 1.00 bits per heavy atom. The molecule has 2 heteroatoms. The first kappa shape index (κ1) is 8.28. The van der Waals surface area contributed by atoms with Gasteiger partial charge < -0.3 is 0 Å². The Bertz CT molecular complexity index is 138. The van der Waals surface area contributed by atoms with E-state index in [0.29, 0.717) is 0 Å². The average molecular weight is 137 g/mol. The molecule has 0 bridgehead atoms. The Morgan fingerprint density at radius 3 is 1.75 bits per heavy atom. The Labute approximate surface area is 70.0 Å². The second-order valence-corrected chi connectivity index (χ2v) is 1.73. The second kappa shape index (κ2) is 4.18. The average Bonchev–Trinajstić information content (AvgIpc) is 1.69. The first-order chi connectivity index (χ1) is 3.39. The van der Waals surface area contributed by atoms with Crippen molar-refractivity contribution in [3.63, 3.8) is 0 Å². The zero-order valence-corrected chi connectivity index (χ0v) is 6.64. The van der Waals surface area contributed by atoms with Gasteiger partial charge in [-0.3, -0.25) is 0 Å². The monoisotopic (exact) mass is 136 g/mol. The topological polar surface area (TPSA) is 0 Å². The van der Waals surface area contributed by atoms with E-state index in [0.717, 1.165) is 5.02 Å². The van der Waals surface area contributed by atoms with Crippen LogP contribution in [0.25, 0.3) is 0 Å². The molecule has 36 valence electrons. The first-order valence-corrected chi connectivity index (χ1v) is 2.48. The summed E-state index contributed by atoms with van der Waals surface area (Å²) in [7, 11) is 0. The molecule has 0 nitrogen and oxygen atoms in total. The van der Waals surface area contributed by atoms with Gasteiger partial charge in [0.1, 0.15) is 0 Å². The summed E-state index contributed by atoms with van der Waals surface area (Å²) in [5.41, 5.74) is 0. The van der Waals surface area contributed by atoms with Gasteiger partial charge in [-0.2, -0.15) is 0 Å². The maximum atomic E-state index is 5.54. The third kappa shape index (κ3) is 2.55. The minimum Gasteiger partial charge on any atom is -0.0843 e. The van der Waals surface area contributed by atoms with Crippen molar-refractivity contribution in [1.29, 1.82) is 0 Å². The molecule has 0 N–H and O–H groups in total. The van der Waals surface area contributed by atoms with E-state index in [4.69, 9.17) is 11.6 Å². The van der Waals surface area contributed by atoms with Crippen LogP contribution in [0.4, 0.5) is 0 Å². The standard InChI is InChI=1S/C6H5Cl.Mg/c7-6-4-2-1-3-5-6;/h1-5H;/q;+2. The Kier molecular flexibility index (Phi) is 4.33. The summed E-state index contributed by atoms with van der Waals surface area (Å²) in [5.74, 6) is 0. The SMILES string of the molecule is Clc1ccccc1.[Mg+2]. The summed E-state index contributed by atoms with van der Waals surface area (Å²) in [6.07, 6.45) is 0.